The van der Waals surface area contributed by atoms with E-state index in [2.05, 4.69) is 0 Å². The number of benzene rings is 2. The second-order valence-corrected chi connectivity index (χ2v) is 11.1. The zero-order valence-corrected chi connectivity index (χ0v) is 22.0. The topological polar surface area (TPSA) is 143 Å². The Labute approximate surface area is 238 Å². The molecular formula is C32H24N2O8. The van der Waals surface area contributed by atoms with Crippen molar-refractivity contribution in [2.45, 2.75) is 36.5 Å². The number of hydrogen-bond donors (Lipinski definition) is 4. The Balaban J connectivity index is 0.959. The van der Waals surface area contributed by atoms with Gasteiger partial charge in [-0.3, -0.25) is 0 Å². The molecule has 0 fully saturated rings. The zero-order chi connectivity index (χ0) is 28.9. The summed E-state index contributed by atoms with van der Waals surface area (Å²) < 4.78 is 1.57. The van der Waals surface area contributed by atoms with Crippen molar-refractivity contribution in [1.82, 2.24) is 9.46 Å². The fraction of sp³-hybridized carbons (Fsp3) is 0.188. The molecule has 210 valence electrons. The molecule has 2 heterocycles. The molecule has 0 saturated heterocycles. The van der Waals surface area contributed by atoms with Crippen molar-refractivity contribution in [1.29, 1.82) is 0 Å². The summed E-state index contributed by atoms with van der Waals surface area (Å²) in [6.45, 7) is 0. The highest BCUT2D eigenvalue weighted by Crippen LogP contribution is 2.57. The first kappa shape index (κ1) is 24.4. The zero-order valence-electron chi connectivity index (χ0n) is 22.0. The molecule has 10 heteroatoms. The second-order valence-electron chi connectivity index (χ2n) is 11.1. The third kappa shape index (κ3) is 3.32. The predicted octanol–water partition coefficient (Wildman–Crippen LogP) is 4.60. The lowest BCUT2D eigenvalue weighted by Crippen LogP contribution is -2.19. The molecule has 2 aromatic carbocycles. The molecule has 10 nitrogen and oxygen atoms in total. The summed E-state index contributed by atoms with van der Waals surface area (Å²) in [7, 11) is 0. The fourth-order valence-electron chi connectivity index (χ4n) is 6.88. The van der Waals surface area contributed by atoms with E-state index in [0.29, 0.717) is 22.3 Å². The Morgan fingerprint density at radius 2 is 0.810 bits per heavy atom. The van der Waals surface area contributed by atoms with Crippen LogP contribution in [0.3, 0.4) is 0 Å². The molecule has 4 aliphatic rings. The molecule has 0 amide bonds. The maximum Gasteiger partial charge on any atom is 0.363 e. The van der Waals surface area contributed by atoms with Crippen molar-refractivity contribution in [3.8, 4) is 34.6 Å². The molecule has 4 unspecified atom stereocenters. The number of carbonyl (C=O) groups is 2. The van der Waals surface area contributed by atoms with Gasteiger partial charge in [-0.1, -0.05) is 48.6 Å². The van der Waals surface area contributed by atoms with Crippen LogP contribution in [-0.2, 0) is 0 Å². The SMILES string of the molecule is O=C(On1c(O)c2c(c1O)C1C=CC2C1)c1ccc(-c2ccc(C(=O)On3c(O)c4c(c3O)C3C=CC4C3)cc2)cc1. The van der Waals surface area contributed by atoms with Crippen molar-refractivity contribution in [2.75, 3.05) is 0 Å². The second kappa shape index (κ2) is 8.56. The van der Waals surface area contributed by atoms with E-state index in [1.807, 2.05) is 24.3 Å². The van der Waals surface area contributed by atoms with E-state index in [4.69, 9.17) is 9.68 Å². The van der Waals surface area contributed by atoms with Gasteiger partial charge in [0.1, 0.15) is 0 Å². The van der Waals surface area contributed by atoms with Crippen LogP contribution in [-0.4, -0.2) is 41.8 Å². The van der Waals surface area contributed by atoms with Gasteiger partial charge in [-0.25, -0.2) is 9.59 Å². The van der Waals surface area contributed by atoms with E-state index in [1.165, 1.54) is 0 Å². The van der Waals surface area contributed by atoms with Crippen molar-refractivity contribution in [3.63, 3.8) is 0 Å². The molecule has 4 aliphatic carbocycles. The number of allylic oxidation sites excluding steroid dienone is 4. The molecule has 2 aromatic heterocycles. The first-order valence-electron chi connectivity index (χ1n) is 13.7. The summed E-state index contributed by atoms with van der Waals surface area (Å²) in [6, 6.07) is 13.1. The fourth-order valence-corrected chi connectivity index (χ4v) is 6.88. The molecule has 4 bridgehead atoms. The van der Waals surface area contributed by atoms with Crippen LogP contribution in [0.15, 0.2) is 72.8 Å². The number of fused-ring (bicyclic) bond motifs is 10. The van der Waals surface area contributed by atoms with Crippen molar-refractivity contribution < 1.29 is 39.7 Å². The van der Waals surface area contributed by atoms with Crippen LogP contribution in [0.4, 0.5) is 0 Å². The van der Waals surface area contributed by atoms with E-state index in [1.54, 1.807) is 48.5 Å². The average Bonchev–Trinajstić information content (AvgIpc) is 3.86. The molecule has 4 N–H and O–H groups in total. The quantitative estimate of drug-likeness (QED) is 0.258. The molecule has 8 rings (SSSR count). The number of nitrogens with zero attached hydrogens (tertiary/aromatic N) is 2. The first-order chi connectivity index (χ1) is 20.3. The summed E-state index contributed by atoms with van der Waals surface area (Å²) in [5.41, 5.74) is 4.37. The van der Waals surface area contributed by atoms with Gasteiger partial charge in [-0.2, -0.15) is 0 Å². The highest BCUT2D eigenvalue weighted by molar-refractivity contribution is 5.92. The third-order valence-electron chi connectivity index (χ3n) is 8.89. The highest BCUT2D eigenvalue weighted by atomic mass is 16.7. The Morgan fingerprint density at radius 1 is 0.524 bits per heavy atom. The van der Waals surface area contributed by atoms with Crippen LogP contribution in [0.5, 0.6) is 23.5 Å². The molecule has 0 radical (unpaired) electrons. The van der Waals surface area contributed by atoms with E-state index < -0.39 is 11.9 Å². The lowest BCUT2D eigenvalue weighted by molar-refractivity contribution is 0.0373. The van der Waals surface area contributed by atoms with Gasteiger partial charge in [0.05, 0.1) is 11.1 Å². The van der Waals surface area contributed by atoms with E-state index in [9.17, 15) is 30.0 Å². The Kier molecular flexibility index (Phi) is 4.98. The highest BCUT2D eigenvalue weighted by Gasteiger charge is 2.43. The summed E-state index contributed by atoms with van der Waals surface area (Å²) in [5, 5.41) is 42.4. The van der Waals surface area contributed by atoms with Crippen LogP contribution in [0.25, 0.3) is 11.1 Å². The van der Waals surface area contributed by atoms with Crippen LogP contribution < -0.4 is 9.68 Å². The standard InChI is InChI=1S/C32H24N2O8/c35-27-23-19-9-10-20(13-19)24(23)28(36)33(27)41-31(39)17-5-1-15(2-6-17)16-3-7-18(8-4-16)32(40)42-34-29(37)25-21-11-12-22(14-21)26(25)30(34)38/h1-12,19-22,35-38H,13-14H2. The smallest absolute Gasteiger partial charge is 0.363 e. The molecule has 4 atom stereocenters. The minimum Gasteiger partial charge on any atom is -0.492 e. The van der Waals surface area contributed by atoms with Gasteiger partial charge in [-0.15, -0.1) is 9.46 Å². The largest absolute Gasteiger partial charge is 0.492 e. The maximum absolute atomic E-state index is 12.8. The number of aromatic nitrogens is 2. The predicted molar refractivity (Wildman–Crippen MR) is 148 cm³/mol. The van der Waals surface area contributed by atoms with Gasteiger partial charge in [0, 0.05) is 45.9 Å². The van der Waals surface area contributed by atoms with Crippen LogP contribution >= 0.6 is 0 Å². The third-order valence-corrected chi connectivity index (χ3v) is 8.89. The average molecular weight is 565 g/mol. The lowest BCUT2D eigenvalue weighted by atomic mass is 10.0. The van der Waals surface area contributed by atoms with Gasteiger partial charge >= 0.3 is 11.9 Å². The molecule has 4 aromatic rings. The minimum absolute atomic E-state index is 0.00453. The molecule has 0 aliphatic heterocycles. The van der Waals surface area contributed by atoms with Gasteiger partial charge in [0.15, 0.2) is 0 Å². The number of rotatable bonds is 5. The summed E-state index contributed by atoms with van der Waals surface area (Å²) >= 11 is 0. The van der Waals surface area contributed by atoms with Crippen molar-refractivity contribution in [3.05, 3.63) is 106 Å². The van der Waals surface area contributed by atoms with Gasteiger partial charge in [-0.05, 0) is 48.2 Å². The Hall–Kier alpha value is -5.38. The number of hydrogen-bond acceptors (Lipinski definition) is 8. The molecule has 42 heavy (non-hydrogen) atoms. The lowest BCUT2D eigenvalue weighted by Gasteiger charge is -2.10. The summed E-state index contributed by atoms with van der Waals surface area (Å²) in [5.74, 6) is -2.53. The van der Waals surface area contributed by atoms with Crippen molar-refractivity contribution >= 4 is 11.9 Å². The summed E-state index contributed by atoms with van der Waals surface area (Å²) in [4.78, 5) is 36.3. The molecule has 0 spiro atoms. The van der Waals surface area contributed by atoms with E-state index in [-0.39, 0.29) is 58.3 Å². The molecular weight excluding hydrogens is 540 g/mol. The number of carbonyl (C=O) groups excluding carboxylic acids is 2. The minimum atomic E-state index is -0.745. The van der Waals surface area contributed by atoms with Gasteiger partial charge in [0.2, 0.25) is 23.5 Å². The van der Waals surface area contributed by atoms with Gasteiger partial charge in [0.25, 0.3) is 0 Å². The Morgan fingerprint density at radius 3 is 1.10 bits per heavy atom. The van der Waals surface area contributed by atoms with E-state index >= 15 is 0 Å². The van der Waals surface area contributed by atoms with Crippen molar-refractivity contribution in [2.24, 2.45) is 0 Å². The van der Waals surface area contributed by atoms with Crippen LogP contribution in [0, 0.1) is 0 Å². The van der Waals surface area contributed by atoms with E-state index in [0.717, 1.165) is 33.4 Å². The van der Waals surface area contributed by atoms with Gasteiger partial charge < -0.3 is 30.1 Å². The maximum atomic E-state index is 12.8. The van der Waals surface area contributed by atoms with Crippen LogP contribution in [0.2, 0.25) is 0 Å². The van der Waals surface area contributed by atoms with Crippen LogP contribution in [0.1, 0.15) is 79.5 Å². The normalized spacial score (nSPS) is 22.0. The first-order valence-corrected chi connectivity index (χ1v) is 13.7. The number of aromatic hydroxyl groups is 4. The Bertz CT molecular complexity index is 1670. The monoisotopic (exact) mass is 564 g/mol. The summed E-state index contributed by atoms with van der Waals surface area (Å²) in [6.07, 6.45) is 9.52. The molecule has 0 saturated carbocycles.